The third-order valence-corrected chi connectivity index (χ3v) is 3.19. The minimum Gasteiger partial charge on any atom is -0.493 e. The van der Waals surface area contributed by atoms with Gasteiger partial charge in [-0.2, -0.15) is 4.98 Å². The Bertz CT molecular complexity index is 585. The zero-order valence-corrected chi connectivity index (χ0v) is 10.9. The van der Waals surface area contributed by atoms with Crippen molar-refractivity contribution in [3.8, 4) is 5.75 Å². The number of hydrogen-bond acceptors (Lipinski definition) is 5. The van der Waals surface area contributed by atoms with Crippen LogP contribution in [0.1, 0.15) is 18.0 Å². The van der Waals surface area contributed by atoms with Gasteiger partial charge in [0.05, 0.1) is 12.6 Å². The molecule has 3 rings (SSSR count). The standard InChI is InChI=1S/C13H13ClN4O/c14-11-7-12(18-13(15)17-11)16-9-5-6-19-10-4-2-1-3-8(9)10/h1-4,7,9H,5-6H2,(H3,15,16,17,18)/t9-/m0/s1. The zero-order valence-electron chi connectivity index (χ0n) is 10.1. The van der Waals surface area contributed by atoms with E-state index < -0.39 is 0 Å². The number of para-hydroxylation sites is 1. The molecule has 5 nitrogen and oxygen atoms in total. The van der Waals surface area contributed by atoms with Crippen LogP contribution in [0, 0.1) is 0 Å². The van der Waals surface area contributed by atoms with Gasteiger partial charge in [-0.05, 0) is 6.07 Å². The van der Waals surface area contributed by atoms with Crippen molar-refractivity contribution in [2.75, 3.05) is 17.7 Å². The van der Waals surface area contributed by atoms with Gasteiger partial charge in [0.15, 0.2) is 0 Å². The Morgan fingerprint density at radius 3 is 3.00 bits per heavy atom. The fourth-order valence-electron chi connectivity index (χ4n) is 2.18. The van der Waals surface area contributed by atoms with E-state index in [1.165, 1.54) is 0 Å². The van der Waals surface area contributed by atoms with Crippen molar-refractivity contribution in [3.63, 3.8) is 0 Å². The van der Waals surface area contributed by atoms with Gasteiger partial charge in [0.1, 0.15) is 16.7 Å². The fourth-order valence-corrected chi connectivity index (χ4v) is 2.37. The van der Waals surface area contributed by atoms with Crippen molar-refractivity contribution in [3.05, 3.63) is 41.0 Å². The predicted molar refractivity (Wildman–Crippen MR) is 74.4 cm³/mol. The molecule has 0 spiro atoms. The summed E-state index contributed by atoms with van der Waals surface area (Å²) in [4.78, 5) is 7.97. The third kappa shape index (κ3) is 2.56. The smallest absolute Gasteiger partial charge is 0.223 e. The first-order chi connectivity index (χ1) is 9.22. The number of anilines is 2. The van der Waals surface area contributed by atoms with Gasteiger partial charge in [-0.3, -0.25) is 0 Å². The summed E-state index contributed by atoms with van der Waals surface area (Å²) in [5, 5.41) is 3.65. The summed E-state index contributed by atoms with van der Waals surface area (Å²) < 4.78 is 5.62. The molecule has 0 saturated carbocycles. The number of ether oxygens (including phenoxy) is 1. The van der Waals surface area contributed by atoms with E-state index in [4.69, 9.17) is 22.1 Å². The topological polar surface area (TPSA) is 73.1 Å². The van der Waals surface area contributed by atoms with Gasteiger partial charge in [-0.1, -0.05) is 29.8 Å². The molecule has 0 bridgehead atoms. The molecule has 0 unspecified atom stereocenters. The summed E-state index contributed by atoms with van der Waals surface area (Å²) in [5.74, 6) is 1.69. The van der Waals surface area contributed by atoms with E-state index in [1.807, 2.05) is 24.3 Å². The van der Waals surface area contributed by atoms with E-state index in [0.717, 1.165) is 17.7 Å². The number of fused-ring (bicyclic) bond motifs is 1. The lowest BCUT2D eigenvalue weighted by atomic mass is 10.0. The van der Waals surface area contributed by atoms with Crippen LogP contribution in [0.3, 0.4) is 0 Å². The van der Waals surface area contributed by atoms with Crippen LogP contribution in [0.25, 0.3) is 0 Å². The van der Waals surface area contributed by atoms with Crippen molar-refractivity contribution in [2.45, 2.75) is 12.5 Å². The van der Waals surface area contributed by atoms with Crippen LogP contribution in [-0.2, 0) is 0 Å². The van der Waals surface area contributed by atoms with Crippen LogP contribution in [0.4, 0.5) is 11.8 Å². The molecule has 6 heteroatoms. The molecular formula is C13H13ClN4O. The van der Waals surface area contributed by atoms with E-state index in [1.54, 1.807) is 6.07 Å². The Balaban J connectivity index is 1.88. The number of nitrogen functional groups attached to an aromatic ring is 1. The largest absolute Gasteiger partial charge is 0.493 e. The second kappa shape index (κ2) is 4.93. The summed E-state index contributed by atoms with van der Waals surface area (Å²) in [7, 11) is 0. The molecule has 1 atom stereocenters. The first-order valence-corrected chi connectivity index (χ1v) is 6.38. The van der Waals surface area contributed by atoms with Crippen LogP contribution in [0.15, 0.2) is 30.3 Å². The second-order valence-corrected chi connectivity index (χ2v) is 4.69. The minimum atomic E-state index is 0.135. The summed E-state index contributed by atoms with van der Waals surface area (Å²) in [6.07, 6.45) is 0.860. The Hall–Kier alpha value is -2.01. The summed E-state index contributed by atoms with van der Waals surface area (Å²) in [6, 6.07) is 9.75. The van der Waals surface area contributed by atoms with Gasteiger partial charge in [-0.15, -0.1) is 0 Å². The summed E-state index contributed by atoms with van der Waals surface area (Å²) in [5.41, 5.74) is 6.70. The normalized spacial score (nSPS) is 17.4. The number of nitrogens with zero attached hydrogens (tertiary/aromatic N) is 2. The molecule has 3 N–H and O–H groups in total. The average molecular weight is 277 g/mol. The summed E-state index contributed by atoms with van der Waals surface area (Å²) in [6.45, 7) is 0.670. The Morgan fingerprint density at radius 1 is 1.32 bits per heavy atom. The lowest BCUT2D eigenvalue weighted by molar-refractivity contribution is 0.274. The molecule has 1 aliphatic rings. The van der Waals surface area contributed by atoms with Crippen molar-refractivity contribution < 1.29 is 4.74 Å². The van der Waals surface area contributed by atoms with E-state index >= 15 is 0 Å². The number of aromatic nitrogens is 2. The monoisotopic (exact) mass is 276 g/mol. The number of rotatable bonds is 2. The number of hydrogen-bond donors (Lipinski definition) is 2. The molecule has 2 aromatic rings. The lowest BCUT2D eigenvalue weighted by Crippen LogP contribution is -2.21. The Kier molecular flexibility index (Phi) is 3.13. The first-order valence-electron chi connectivity index (χ1n) is 6.01. The van der Waals surface area contributed by atoms with E-state index in [2.05, 4.69) is 15.3 Å². The quantitative estimate of drug-likeness (QED) is 0.825. The fraction of sp³-hybridized carbons (Fsp3) is 0.231. The first kappa shape index (κ1) is 12.0. The molecule has 98 valence electrons. The minimum absolute atomic E-state index is 0.135. The number of nitrogens with one attached hydrogen (secondary N) is 1. The zero-order chi connectivity index (χ0) is 13.2. The van der Waals surface area contributed by atoms with Crippen LogP contribution in [0.2, 0.25) is 5.15 Å². The highest BCUT2D eigenvalue weighted by molar-refractivity contribution is 6.29. The van der Waals surface area contributed by atoms with Crippen molar-refractivity contribution >= 4 is 23.4 Å². The highest BCUT2D eigenvalue weighted by atomic mass is 35.5. The SMILES string of the molecule is Nc1nc(Cl)cc(N[C@H]2CCOc3ccccc32)n1. The molecule has 0 saturated heterocycles. The van der Waals surface area contributed by atoms with Crippen LogP contribution >= 0.6 is 11.6 Å². The molecule has 2 heterocycles. The van der Waals surface area contributed by atoms with Crippen molar-refractivity contribution in [2.24, 2.45) is 0 Å². The summed E-state index contributed by atoms with van der Waals surface area (Å²) >= 11 is 5.87. The van der Waals surface area contributed by atoms with Gasteiger partial charge >= 0.3 is 0 Å². The van der Waals surface area contributed by atoms with Gasteiger partial charge in [0, 0.05) is 18.1 Å². The molecule has 1 aromatic carbocycles. The lowest BCUT2D eigenvalue weighted by Gasteiger charge is -2.27. The van der Waals surface area contributed by atoms with E-state index in [0.29, 0.717) is 17.6 Å². The molecule has 1 aliphatic heterocycles. The van der Waals surface area contributed by atoms with Crippen molar-refractivity contribution in [1.29, 1.82) is 0 Å². The molecule has 19 heavy (non-hydrogen) atoms. The van der Waals surface area contributed by atoms with Gasteiger partial charge < -0.3 is 15.8 Å². The van der Waals surface area contributed by atoms with Gasteiger partial charge in [0.2, 0.25) is 5.95 Å². The van der Waals surface area contributed by atoms with Gasteiger partial charge in [0.25, 0.3) is 0 Å². The van der Waals surface area contributed by atoms with Crippen LogP contribution < -0.4 is 15.8 Å². The maximum Gasteiger partial charge on any atom is 0.223 e. The molecule has 0 radical (unpaired) electrons. The molecule has 0 aliphatic carbocycles. The average Bonchev–Trinajstić information content (AvgIpc) is 2.38. The van der Waals surface area contributed by atoms with E-state index in [-0.39, 0.29) is 12.0 Å². The van der Waals surface area contributed by atoms with E-state index in [9.17, 15) is 0 Å². The Morgan fingerprint density at radius 2 is 2.16 bits per heavy atom. The molecular weight excluding hydrogens is 264 g/mol. The van der Waals surface area contributed by atoms with Crippen LogP contribution in [0.5, 0.6) is 5.75 Å². The predicted octanol–water partition coefficient (Wildman–Crippen LogP) is 2.65. The van der Waals surface area contributed by atoms with Gasteiger partial charge in [-0.25, -0.2) is 4.98 Å². The molecule has 0 fully saturated rings. The van der Waals surface area contributed by atoms with Crippen molar-refractivity contribution in [1.82, 2.24) is 9.97 Å². The maximum absolute atomic E-state index is 5.87. The highest BCUT2D eigenvalue weighted by Gasteiger charge is 2.21. The number of halogens is 1. The molecule has 0 amide bonds. The number of benzene rings is 1. The molecule has 1 aromatic heterocycles. The maximum atomic E-state index is 5.87. The number of nitrogens with two attached hydrogens (primary N) is 1. The highest BCUT2D eigenvalue weighted by Crippen LogP contribution is 2.33. The third-order valence-electron chi connectivity index (χ3n) is 2.99. The Labute approximate surface area is 115 Å². The second-order valence-electron chi connectivity index (χ2n) is 4.31. The van der Waals surface area contributed by atoms with Crippen LogP contribution in [-0.4, -0.2) is 16.6 Å².